The van der Waals surface area contributed by atoms with Crippen LogP contribution in [-0.2, 0) is 27.2 Å². The average molecular weight is 534 g/mol. The van der Waals surface area contributed by atoms with Crippen molar-refractivity contribution in [1.29, 1.82) is 0 Å². The quantitative estimate of drug-likeness (QED) is 0.567. The van der Waals surface area contributed by atoms with Gasteiger partial charge in [-0.25, -0.2) is 4.79 Å². The molecule has 0 saturated carbocycles. The maximum atomic E-state index is 12.6. The van der Waals surface area contributed by atoms with Crippen molar-refractivity contribution in [3.8, 4) is 11.5 Å². The van der Waals surface area contributed by atoms with E-state index >= 15 is 0 Å². The number of pyridine rings is 1. The summed E-state index contributed by atoms with van der Waals surface area (Å²) in [6.45, 7) is 1.59. The number of hydrogen-bond donors (Lipinski definition) is 1. The van der Waals surface area contributed by atoms with E-state index in [2.05, 4.69) is 15.5 Å². The van der Waals surface area contributed by atoms with Gasteiger partial charge in [0.15, 0.2) is 6.61 Å². The fourth-order valence-corrected chi connectivity index (χ4v) is 4.48. The molecule has 10 nitrogen and oxygen atoms in total. The van der Waals surface area contributed by atoms with Gasteiger partial charge in [0, 0.05) is 55.7 Å². The van der Waals surface area contributed by atoms with Gasteiger partial charge >= 0.3 is 12.3 Å². The van der Waals surface area contributed by atoms with Gasteiger partial charge in [-0.2, -0.15) is 13.2 Å². The fourth-order valence-electron chi connectivity index (χ4n) is 4.48. The summed E-state index contributed by atoms with van der Waals surface area (Å²) in [5.41, 5.74) is 0.277. The van der Waals surface area contributed by atoms with Crippen LogP contribution in [0.1, 0.15) is 36.1 Å². The predicted octanol–water partition coefficient (Wildman–Crippen LogP) is 3.28. The van der Waals surface area contributed by atoms with Gasteiger partial charge in [-0.1, -0.05) is 11.2 Å². The zero-order chi connectivity index (χ0) is 26.8. The molecule has 1 aromatic heterocycles. The van der Waals surface area contributed by atoms with Crippen LogP contribution in [0.25, 0.3) is 0 Å². The molecular weight excluding hydrogens is 509 g/mol. The lowest BCUT2D eigenvalue weighted by molar-refractivity contribution is -0.141. The summed E-state index contributed by atoms with van der Waals surface area (Å²) in [5.74, 6) is 0.817. The number of rotatable bonds is 6. The monoisotopic (exact) mass is 534 g/mol. The molecule has 202 valence electrons. The van der Waals surface area contributed by atoms with E-state index in [4.69, 9.17) is 19.0 Å². The summed E-state index contributed by atoms with van der Waals surface area (Å²) in [5, 5.41) is 6.81. The minimum atomic E-state index is -4.50. The van der Waals surface area contributed by atoms with Crippen molar-refractivity contribution in [1.82, 2.24) is 15.2 Å². The molecule has 38 heavy (non-hydrogen) atoms. The van der Waals surface area contributed by atoms with Crippen LogP contribution in [0.5, 0.6) is 11.5 Å². The van der Waals surface area contributed by atoms with Crippen molar-refractivity contribution in [3.05, 3.63) is 53.3 Å². The summed E-state index contributed by atoms with van der Waals surface area (Å²) in [6, 6.07) is 7.31. The Morgan fingerprint density at radius 3 is 2.71 bits per heavy atom. The Kier molecular flexibility index (Phi) is 7.00. The Balaban J connectivity index is 1.13. The van der Waals surface area contributed by atoms with Crippen LogP contribution in [0.15, 0.2) is 41.7 Å². The first-order valence-electron chi connectivity index (χ1n) is 12.1. The number of benzene rings is 1. The maximum Gasteiger partial charge on any atom is 0.433 e. The van der Waals surface area contributed by atoms with Gasteiger partial charge in [0.25, 0.3) is 5.91 Å². The van der Waals surface area contributed by atoms with Crippen LogP contribution < -0.4 is 14.8 Å². The molecule has 0 unspecified atom stereocenters. The van der Waals surface area contributed by atoms with E-state index in [1.807, 2.05) is 0 Å². The summed E-state index contributed by atoms with van der Waals surface area (Å²) in [6.07, 6.45) is -2.18. The number of halogens is 3. The second kappa shape index (κ2) is 10.4. The van der Waals surface area contributed by atoms with Gasteiger partial charge in [0.05, 0.1) is 18.9 Å². The molecule has 2 saturated heterocycles. The van der Waals surface area contributed by atoms with Crippen LogP contribution in [0, 0.1) is 0 Å². The predicted molar refractivity (Wildman–Crippen MR) is 126 cm³/mol. The van der Waals surface area contributed by atoms with E-state index < -0.39 is 23.6 Å². The fraction of sp³-hybridized carbons (Fsp3) is 0.440. The zero-order valence-electron chi connectivity index (χ0n) is 20.3. The third-order valence-electron chi connectivity index (χ3n) is 6.64. The molecule has 1 aromatic carbocycles. The molecule has 2 amide bonds. The Bertz CT molecular complexity index is 1230. The number of nitrogens with zero attached hydrogens (tertiary/aromatic N) is 3. The molecule has 4 heterocycles. The van der Waals surface area contributed by atoms with E-state index in [9.17, 15) is 22.8 Å². The van der Waals surface area contributed by atoms with Crippen LogP contribution in [0.3, 0.4) is 0 Å². The van der Waals surface area contributed by atoms with E-state index in [-0.39, 0.29) is 19.1 Å². The third-order valence-corrected chi connectivity index (χ3v) is 6.64. The van der Waals surface area contributed by atoms with E-state index in [1.165, 1.54) is 6.07 Å². The van der Waals surface area contributed by atoms with Crippen molar-refractivity contribution in [2.45, 2.75) is 37.6 Å². The van der Waals surface area contributed by atoms with E-state index in [1.54, 1.807) is 23.1 Å². The lowest BCUT2D eigenvalue weighted by Gasteiger charge is -2.37. The number of aromatic nitrogens is 1. The van der Waals surface area contributed by atoms with Gasteiger partial charge < -0.3 is 29.3 Å². The van der Waals surface area contributed by atoms with Crippen molar-refractivity contribution < 1.29 is 41.8 Å². The Hall–Kier alpha value is -4.03. The minimum Gasteiger partial charge on any atom is -0.492 e. The molecule has 1 spiro atoms. The van der Waals surface area contributed by atoms with Crippen molar-refractivity contribution >= 4 is 17.7 Å². The molecule has 5 rings (SSSR count). The standard InChI is InChI=1S/C25H25F3N4O6/c26-25(27,28)21-4-1-16(12-29-21)13-37-31-19-5-10-35-20-11-17(2-3-18(19)20)36-14-22(33)32-8-6-24(7-9-32)15-30-23(34)38-24/h1-4,11-12H,5-10,13-15H2,(H,30,34). The molecule has 3 aliphatic rings. The highest BCUT2D eigenvalue weighted by Gasteiger charge is 2.43. The molecule has 3 aliphatic heterocycles. The third kappa shape index (κ3) is 5.76. The first-order chi connectivity index (χ1) is 18.2. The summed E-state index contributed by atoms with van der Waals surface area (Å²) in [7, 11) is 0. The molecule has 0 atom stereocenters. The van der Waals surface area contributed by atoms with Gasteiger partial charge in [-0.05, 0) is 18.2 Å². The lowest BCUT2D eigenvalue weighted by atomic mass is 9.91. The highest BCUT2D eigenvalue weighted by molar-refractivity contribution is 6.03. The molecule has 2 fully saturated rings. The number of alkyl carbamates (subject to hydrolysis) is 1. The van der Waals surface area contributed by atoms with Crippen molar-refractivity contribution in [2.75, 3.05) is 32.8 Å². The molecule has 0 bridgehead atoms. The number of amides is 2. The average Bonchev–Trinajstić information content (AvgIpc) is 3.27. The number of nitrogens with one attached hydrogen (secondary N) is 1. The molecule has 0 radical (unpaired) electrons. The number of ether oxygens (including phenoxy) is 3. The number of fused-ring (bicyclic) bond motifs is 1. The second-order valence-electron chi connectivity index (χ2n) is 9.21. The molecule has 2 aromatic rings. The number of likely N-dealkylation sites (tertiary alicyclic amines) is 1. The smallest absolute Gasteiger partial charge is 0.433 e. The van der Waals surface area contributed by atoms with Crippen LogP contribution in [0.2, 0.25) is 0 Å². The van der Waals surface area contributed by atoms with Crippen LogP contribution in [-0.4, -0.2) is 66.0 Å². The maximum absolute atomic E-state index is 12.6. The highest BCUT2D eigenvalue weighted by Crippen LogP contribution is 2.31. The number of alkyl halides is 3. The van der Waals surface area contributed by atoms with Gasteiger partial charge in [-0.15, -0.1) is 0 Å². The van der Waals surface area contributed by atoms with Gasteiger partial charge in [-0.3, -0.25) is 9.78 Å². The lowest BCUT2D eigenvalue weighted by Crippen LogP contribution is -2.49. The summed E-state index contributed by atoms with van der Waals surface area (Å²) < 4.78 is 54.7. The highest BCUT2D eigenvalue weighted by atomic mass is 19.4. The number of piperidine rings is 1. The number of hydrogen-bond acceptors (Lipinski definition) is 8. The second-order valence-corrected chi connectivity index (χ2v) is 9.21. The van der Waals surface area contributed by atoms with Gasteiger partial charge in [0.1, 0.15) is 29.4 Å². The number of oxime groups is 1. The first kappa shape index (κ1) is 25.6. The first-order valence-corrected chi connectivity index (χ1v) is 12.1. The summed E-state index contributed by atoms with van der Waals surface area (Å²) >= 11 is 0. The Labute approximate surface area is 215 Å². The van der Waals surface area contributed by atoms with Crippen molar-refractivity contribution in [3.63, 3.8) is 0 Å². The van der Waals surface area contributed by atoms with Crippen LogP contribution >= 0.6 is 0 Å². The van der Waals surface area contributed by atoms with Crippen molar-refractivity contribution in [2.24, 2.45) is 5.16 Å². The van der Waals surface area contributed by atoms with Gasteiger partial charge in [0.2, 0.25) is 0 Å². The summed E-state index contributed by atoms with van der Waals surface area (Å²) in [4.78, 5) is 34.5. The largest absolute Gasteiger partial charge is 0.492 e. The number of carbonyl (C=O) groups excluding carboxylic acids is 2. The number of carbonyl (C=O) groups is 2. The zero-order valence-corrected chi connectivity index (χ0v) is 20.3. The van der Waals surface area contributed by atoms with E-state index in [0.29, 0.717) is 73.8 Å². The molecular formula is C25H25F3N4O6. The van der Waals surface area contributed by atoms with Crippen LogP contribution in [0.4, 0.5) is 18.0 Å². The Morgan fingerprint density at radius 1 is 1.21 bits per heavy atom. The molecule has 0 aliphatic carbocycles. The topological polar surface area (TPSA) is 112 Å². The minimum absolute atomic E-state index is 0.0370. The molecule has 1 N–H and O–H groups in total. The molecule has 13 heteroatoms. The SMILES string of the molecule is O=C1NCC2(CCN(C(=O)COc3ccc4c(c3)OCCC4=NOCc3ccc(C(F)(F)F)nc3)CC2)O1. The van der Waals surface area contributed by atoms with E-state index in [0.717, 1.165) is 12.3 Å². The Morgan fingerprint density at radius 2 is 2.03 bits per heavy atom. The normalized spacial score (nSPS) is 19.4.